The van der Waals surface area contributed by atoms with Crippen molar-refractivity contribution in [2.45, 2.75) is 12.8 Å². The molecule has 0 radical (unpaired) electrons. The zero-order valence-electron chi connectivity index (χ0n) is 11.4. The minimum atomic E-state index is -0.843. The molecule has 1 aromatic heterocycles. The lowest BCUT2D eigenvalue weighted by atomic mass is 10.2. The fourth-order valence-electron chi connectivity index (χ4n) is 1.91. The van der Waals surface area contributed by atoms with Crippen molar-refractivity contribution < 1.29 is 19.4 Å². The average Bonchev–Trinajstić information content (AvgIpc) is 2.88. The average molecular weight is 276 g/mol. The molecule has 0 bridgehead atoms. The molecule has 0 saturated carbocycles. The Kier molecular flexibility index (Phi) is 4.24. The molecule has 0 aliphatic carbocycles. The van der Waals surface area contributed by atoms with E-state index in [9.17, 15) is 4.79 Å². The smallest absolute Gasteiger partial charge is 0.303 e. The van der Waals surface area contributed by atoms with Crippen LogP contribution in [0.1, 0.15) is 12.0 Å². The number of nitrogens with zero attached hydrogens (tertiary/aromatic N) is 2. The van der Waals surface area contributed by atoms with Crippen molar-refractivity contribution in [2.75, 3.05) is 14.2 Å². The van der Waals surface area contributed by atoms with Crippen molar-refractivity contribution in [2.24, 2.45) is 0 Å². The zero-order chi connectivity index (χ0) is 14.5. The van der Waals surface area contributed by atoms with Gasteiger partial charge in [-0.3, -0.25) is 4.79 Å². The minimum Gasteiger partial charge on any atom is -0.497 e. The van der Waals surface area contributed by atoms with Crippen molar-refractivity contribution in [3.63, 3.8) is 0 Å². The summed E-state index contributed by atoms with van der Waals surface area (Å²) in [5, 5.41) is 13.0. The molecule has 1 aromatic carbocycles. The van der Waals surface area contributed by atoms with Crippen LogP contribution in [0, 0.1) is 0 Å². The predicted molar refractivity (Wildman–Crippen MR) is 72.6 cm³/mol. The molecule has 1 N–H and O–H groups in total. The van der Waals surface area contributed by atoms with Gasteiger partial charge in [0.15, 0.2) is 0 Å². The van der Waals surface area contributed by atoms with Crippen molar-refractivity contribution in [1.29, 1.82) is 0 Å². The van der Waals surface area contributed by atoms with E-state index in [-0.39, 0.29) is 6.42 Å². The van der Waals surface area contributed by atoms with E-state index in [4.69, 9.17) is 14.6 Å². The molecule has 0 spiro atoms. The van der Waals surface area contributed by atoms with Crippen LogP contribution in [0.25, 0.3) is 5.69 Å². The number of carboxylic acid groups (broad SMARTS) is 1. The molecule has 0 amide bonds. The van der Waals surface area contributed by atoms with Crippen molar-refractivity contribution in [3.05, 3.63) is 36.0 Å². The van der Waals surface area contributed by atoms with Crippen LogP contribution in [-0.4, -0.2) is 35.1 Å². The minimum absolute atomic E-state index is 0.0463. The van der Waals surface area contributed by atoms with Gasteiger partial charge in [-0.15, -0.1) is 0 Å². The summed E-state index contributed by atoms with van der Waals surface area (Å²) in [6, 6.07) is 7.37. The third kappa shape index (κ3) is 2.90. The fraction of sp³-hybridized carbons (Fsp3) is 0.286. The van der Waals surface area contributed by atoms with Gasteiger partial charge in [0.05, 0.1) is 26.1 Å². The van der Waals surface area contributed by atoms with Gasteiger partial charge in [0.25, 0.3) is 0 Å². The summed E-state index contributed by atoms with van der Waals surface area (Å²) in [4.78, 5) is 10.6. The zero-order valence-corrected chi connectivity index (χ0v) is 11.4. The molecular weight excluding hydrogens is 260 g/mol. The van der Waals surface area contributed by atoms with Crippen LogP contribution in [0.4, 0.5) is 0 Å². The standard InChI is InChI=1S/C14H16N2O4/c1-19-12-6-4-11(5-7-12)16-14(20-2)10(9-15-16)3-8-13(17)18/h4-7,9H,3,8H2,1-2H3,(H,17,18). The first-order chi connectivity index (χ1) is 9.65. The highest BCUT2D eigenvalue weighted by Crippen LogP contribution is 2.24. The molecule has 2 aromatic rings. The van der Waals surface area contributed by atoms with Crippen LogP contribution in [0.15, 0.2) is 30.5 Å². The molecule has 2 rings (SSSR count). The summed E-state index contributed by atoms with van der Waals surface area (Å²) in [6.45, 7) is 0. The first kappa shape index (κ1) is 13.9. The molecule has 0 fully saturated rings. The molecule has 1 heterocycles. The quantitative estimate of drug-likeness (QED) is 0.872. The van der Waals surface area contributed by atoms with Crippen LogP contribution in [0.5, 0.6) is 11.6 Å². The van der Waals surface area contributed by atoms with E-state index < -0.39 is 5.97 Å². The number of carboxylic acids is 1. The van der Waals surface area contributed by atoms with E-state index >= 15 is 0 Å². The number of aryl methyl sites for hydroxylation is 1. The van der Waals surface area contributed by atoms with Crippen molar-refractivity contribution in [1.82, 2.24) is 9.78 Å². The highest BCUT2D eigenvalue weighted by molar-refractivity contribution is 5.67. The van der Waals surface area contributed by atoms with Crippen LogP contribution in [-0.2, 0) is 11.2 Å². The number of benzene rings is 1. The van der Waals surface area contributed by atoms with Gasteiger partial charge in [-0.2, -0.15) is 5.10 Å². The van der Waals surface area contributed by atoms with Gasteiger partial charge in [0.2, 0.25) is 5.88 Å². The topological polar surface area (TPSA) is 73.6 Å². The van der Waals surface area contributed by atoms with Gasteiger partial charge >= 0.3 is 5.97 Å². The molecule has 0 unspecified atom stereocenters. The highest BCUT2D eigenvalue weighted by Gasteiger charge is 2.13. The lowest BCUT2D eigenvalue weighted by Crippen LogP contribution is -2.02. The van der Waals surface area contributed by atoms with E-state index in [1.807, 2.05) is 24.3 Å². The van der Waals surface area contributed by atoms with Gasteiger partial charge in [-0.05, 0) is 30.7 Å². The summed E-state index contributed by atoms with van der Waals surface area (Å²) < 4.78 is 12.1. The second kappa shape index (κ2) is 6.10. The largest absolute Gasteiger partial charge is 0.497 e. The Morgan fingerprint density at radius 2 is 1.95 bits per heavy atom. The Labute approximate surface area is 116 Å². The van der Waals surface area contributed by atoms with E-state index in [0.29, 0.717) is 12.3 Å². The van der Waals surface area contributed by atoms with E-state index in [1.54, 1.807) is 25.1 Å². The summed E-state index contributed by atoms with van der Waals surface area (Å²) in [6.07, 6.45) is 2.06. The van der Waals surface area contributed by atoms with Gasteiger partial charge < -0.3 is 14.6 Å². The molecule has 106 valence electrons. The molecule has 0 saturated heterocycles. The van der Waals surface area contributed by atoms with Crippen molar-refractivity contribution >= 4 is 5.97 Å². The third-order valence-electron chi connectivity index (χ3n) is 2.91. The van der Waals surface area contributed by atoms with Gasteiger partial charge in [0, 0.05) is 12.0 Å². The van der Waals surface area contributed by atoms with Crippen LogP contribution in [0.2, 0.25) is 0 Å². The number of carbonyl (C=O) groups is 1. The second-order valence-corrected chi connectivity index (χ2v) is 4.18. The van der Waals surface area contributed by atoms with Crippen LogP contribution >= 0.6 is 0 Å². The highest BCUT2D eigenvalue weighted by atomic mass is 16.5. The van der Waals surface area contributed by atoms with Gasteiger partial charge in [-0.25, -0.2) is 4.68 Å². The number of methoxy groups -OCH3 is 2. The monoisotopic (exact) mass is 276 g/mol. The summed E-state index contributed by atoms with van der Waals surface area (Å²) in [7, 11) is 3.15. The normalized spacial score (nSPS) is 10.3. The number of hydrogen-bond donors (Lipinski definition) is 1. The molecule has 0 atom stereocenters. The third-order valence-corrected chi connectivity index (χ3v) is 2.91. The maximum atomic E-state index is 10.6. The Morgan fingerprint density at radius 1 is 1.25 bits per heavy atom. The number of ether oxygens (including phenoxy) is 2. The summed E-state index contributed by atoms with van der Waals surface area (Å²) in [5.41, 5.74) is 1.59. The van der Waals surface area contributed by atoms with Crippen LogP contribution in [0.3, 0.4) is 0 Å². The van der Waals surface area contributed by atoms with Crippen LogP contribution < -0.4 is 9.47 Å². The maximum Gasteiger partial charge on any atom is 0.303 e. The SMILES string of the molecule is COc1ccc(-n2ncc(CCC(=O)O)c2OC)cc1. The lowest BCUT2D eigenvalue weighted by molar-refractivity contribution is -0.136. The van der Waals surface area contributed by atoms with E-state index in [0.717, 1.165) is 17.0 Å². The number of rotatable bonds is 6. The predicted octanol–water partition coefficient (Wildman–Crippen LogP) is 1.91. The first-order valence-electron chi connectivity index (χ1n) is 6.13. The van der Waals surface area contributed by atoms with E-state index in [1.165, 1.54) is 0 Å². The van der Waals surface area contributed by atoms with Gasteiger partial charge in [-0.1, -0.05) is 0 Å². The fourth-order valence-corrected chi connectivity index (χ4v) is 1.91. The molecule has 0 aliphatic heterocycles. The Morgan fingerprint density at radius 3 is 2.50 bits per heavy atom. The molecule has 6 nitrogen and oxygen atoms in total. The maximum absolute atomic E-state index is 10.6. The van der Waals surface area contributed by atoms with E-state index in [2.05, 4.69) is 5.10 Å². The Balaban J connectivity index is 2.28. The number of aromatic nitrogens is 2. The molecule has 0 aliphatic rings. The lowest BCUT2D eigenvalue weighted by Gasteiger charge is -2.08. The first-order valence-corrected chi connectivity index (χ1v) is 6.13. The molecule has 6 heteroatoms. The Hall–Kier alpha value is -2.50. The molecular formula is C14H16N2O4. The van der Waals surface area contributed by atoms with Crippen molar-refractivity contribution in [3.8, 4) is 17.3 Å². The summed E-state index contributed by atoms with van der Waals surface area (Å²) in [5.74, 6) is 0.464. The second-order valence-electron chi connectivity index (χ2n) is 4.18. The Bertz CT molecular complexity index is 590. The van der Waals surface area contributed by atoms with Gasteiger partial charge in [0.1, 0.15) is 5.75 Å². The number of aliphatic carboxylic acids is 1. The number of hydrogen-bond acceptors (Lipinski definition) is 4. The molecule has 20 heavy (non-hydrogen) atoms. The summed E-state index contributed by atoms with van der Waals surface area (Å²) >= 11 is 0.